The van der Waals surface area contributed by atoms with Crippen molar-refractivity contribution in [2.24, 2.45) is 0 Å². The summed E-state index contributed by atoms with van der Waals surface area (Å²) in [5.74, 6) is -0.471. The summed E-state index contributed by atoms with van der Waals surface area (Å²) < 4.78 is 5.21. The van der Waals surface area contributed by atoms with Crippen LogP contribution in [0.15, 0.2) is 24.4 Å². The van der Waals surface area contributed by atoms with E-state index in [1.54, 1.807) is 18.3 Å². The predicted octanol–water partition coefficient (Wildman–Crippen LogP) is 1.41. The molecule has 0 fully saturated rings. The fourth-order valence-electron chi connectivity index (χ4n) is 1.24. The Kier molecular flexibility index (Phi) is 2.29. The highest BCUT2D eigenvalue weighted by molar-refractivity contribution is 5.79. The quantitative estimate of drug-likeness (QED) is 0.796. The number of ether oxygens (including phenoxy) is 1. The summed E-state index contributed by atoms with van der Waals surface area (Å²) in [6.07, 6.45) is 0.838. The van der Waals surface area contributed by atoms with Crippen molar-refractivity contribution < 1.29 is 14.6 Å². The number of nitrogens with one attached hydrogen (secondary N) is 1. The third-order valence-corrected chi connectivity index (χ3v) is 2.07. The molecule has 0 aliphatic rings. The first-order chi connectivity index (χ1) is 7.16. The summed E-state index contributed by atoms with van der Waals surface area (Å²) in [4.78, 5) is 10.6. The van der Waals surface area contributed by atoms with Crippen molar-refractivity contribution in [2.75, 3.05) is 0 Å². The van der Waals surface area contributed by atoms with Crippen LogP contribution in [0.3, 0.4) is 0 Å². The zero-order chi connectivity index (χ0) is 10.8. The molecule has 5 nitrogen and oxygen atoms in total. The molecule has 0 amide bonds. The number of carboxylic acid groups (broad SMARTS) is 1. The van der Waals surface area contributed by atoms with Crippen LogP contribution in [0.25, 0.3) is 10.9 Å². The number of aromatic amines is 1. The summed E-state index contributed by atoms with van der Waals surface area (Å²) in [5.41, 5.74) is 0.824. The number of nitrogens with zero attached hydrogens (tertiary/aromatic N) is 1. The lowest BCUT2D eigenvalue weighted by molar-refractivity contribution is -0.144. The molecule has 0 spiro atoms. The molecule has 0 aliphatic carbocycles. The van der Waals surface area contributed by atoms with Gasteiger partial charge in [0.05, 0.1) is 11.7 Å². The second-order valence-corrected chi connectivity index (χ2v) is 3.22. The number of benzene rings is 1. The Morgan fingerprint density at radius 3 is 3.13 bits per heavy atom. The van der Waals surface area contributed by atoms with Gasteiger partial charge in [-0.25, -0.2) is 4.79 Å². The minimum atomic E-state index is -0.986. The normalized spacial score (nSPS) is 12.6. The lowest BCUT2D eigenvalue weighted by Gasteiger charge is -2.09. The molecule has 0 bridgehead atoms. The first-order valence-electron chi connectivity index (χ1n) is 4.49. The summed E-state index contributed by atoms with van der Waals surface area (Å²) in [5, 5.41) is 16.3. The van der Waals surface area contributed by atoms with E-state index >= 15 is 0 Å². The van der Waals surface area contributed by atoms with Crippen molar-refractivity contribution in [1.82, 2.24) is 10.2 Å². The summed E-state index contributed by atoms with van der Waals surface area (Å²) in [6.45, 7) is 1.49. The van der Waals surface area contributed by atoms with Crippen LogP contribution in [0.5, 0.6) is 5.75 Å². The van der Waals surface area contributed by atoms with Crippen LogP contribution in [-0.2, 0) is 4.79 Å². The minimum Gasteiger partial charge on any atom is -0.479 e. The Hall–Kier alpha value is -2.04. The van der Waals surface area contributed by atoms with Gasteiger partial charge in [0.1, 0.15) is 5.75 Å². The largest absolute Gasteiger partial charge is 0.479 e. The van der Waals surface area contributed by atoms with Gasteiger partial charge in [0.25, 0.3) is 0 Å². The standard InChI is InChI=1S/C10H10N2O3/c1-6(10(13)14)15-8-3-2-7-5-11-12-9(7)4-8/h2-6H,1H3,(H,11,12)(H,13,14)/t6-/m1/s1. The van der Waals surface area contributed by atoms with Crippen LogP contribution in [0.2, 0.25) is 0 Å². The molecule has 1 aromatic heterocycles. The van der Waals surface area contributed by atoms with Gasteiger partial charge in [-0.15, -0.1) is 0 Å². The molecule has 0 saturated heterocycles. The number of carbonyl (C=O) groups is 1. The van der Waals surface area contributed by atoms with Crippen LogP contribution in [0.1, 0.15) is 6.92 Å². The fraction of sp³-hybridized carbons (Fsp3) is 0.200. The van der Waals surface area contributed by atoms with Crippen molar-refractivity contribution in [1.29, 1.82) is 0 Å². The molecule has 0 saturated carbocycles. The summed E-state index contributed by atoms with van der Waals surface area (Å²) in [7, 11) is 0. The molecule has 2 aromatic rings. The van der Waals surface area contributed by atoms with E-state index in [1.165, 1.54) is 6.92 Å². The van der Waals surface area contributed by atoms with Crippen molar-refractivity contribution in [3.8, 4) is 5.75 Å². The van der Waals surface area contributed by atoms with E-state index in [0.717, 1.165) is 10.9 Å². The van der Waals surface area contributed by atoms with E-state index in [0.29, 0.717) is 5.75 Å². The number of rotatable bonds is 3. The monoisotopic (exact) mass is 206 g/mol. The molecule has 2 N–H and O–H groups in total. The molecular weight excluding hydrogens is 196 g/mol. The van der Waals surface area contributed by atoms with Gasteiger partial charge >= 0.3 is 5.97 Å². The zero-order valence-electron chi connectivity index (χ0n) is 8.10. The topological polar surface area (TPSA) is 75.2 Å². The molecule has 5 heteroatoms. The minimum absolute atomic E-state index is 0.515. The molecular formula is C10H10N2O3. The lowest BCUT2D eigenvalue weighted by atomic mass is 10.2. The third-order valence-electron chi connectivity index (χ3n) is 2.07. The molecule has 15 heavy (non-hydrogen) atoms. The van der Waals surface area contributed by atoms with Crippen molar-refractivity contribution in [2.45, 2.75) is 13.0 Å². The maximum absolute atomic E-state index is 10.6. The van der Waals surface area contributed by atoms with E-state index in [1.807, 2.05) is 6.07 Å². The van der Waals surface area contributed by atoms with Crippen molar-refractivity contribution in [3.05, 3.63) is 24.4 Å². The average molecular weight is 206 g/mol. The van der Waals surface area contributed by atoms with Crippen LogP contribution in [-0.4, -0.2) is 27.4 Å². The Balaban J connectivity index is 2.24. The Morgan fingerprint density at radius 1 is 1.60 bits per heavy atom. The number of aliphatic carboxylic acids is 1. The van der Waals surface area contributed by atoms with Gasteiger partial charge in [-0.3, -0.25) is 5.10 Å². The van der Waals surface area contributed by atoms with Crippen molar-refractivity contribution >= 4 is 16.9 Å². The van der Waals surface area contributed by atoms with Gasteiger partial charge in [0, 0.05) is 11.5 Å². The van der Waals surface area contributed by atoms with Gasteiger partial charge in [-0.1, -0.05) is 0 Å². The molecule has 1 atom stereocenters. The van der Waals surface area contributed by atoms with E-state index < -0.39 is 12.1 Å². The number of hydrogen-bond acceptors (Lipinski definition) is 3. The van der Waals surface area contributed by atoms with Crippen LogP contribution < -0.4 is 4.74 Å². The second-order valence-electron chi connectivity index (χ2n) is 3.22. The van der Waals surface area contributed by atoms with E-state index in [9.17, 15) is 4.79 Å². The van der Waals surface area contributed by atoms with Gasteiger partial charge in [-0.2, -0.15) is 5.10 Å². The maximum Gasteiger partial charge on any atom is 0.344 e. The summed E-state index contributed by atoms with van der Waals surface area (Å²) >= 11 is 0. The highest BCUT2D eigenvalue weighted by atomic mass is 16.5. The number of carboxylic acids is 1. The highest BCUT2D eigenvalue weighted by Gasteiger charge is 2.12. The molecule has 0 unspecified atom stereocenters. The lowest BCUT2D eigenvalue weighted by Crippen LogP contribution is -2.22. The van der Waals surface area contributed by atoms with E-state index in [2.05, 4.69) is 10.2 Å². The Labute approximate surface area is 85.7 Å². The first kappa shape index (κ1) is 9.51. The fourth-order valence-corrected chi connectivity index (χ4v) is 1.24. The smallest absolute Gasteiger partial charge is 0.344 e. The van der Waals surface area contributed by atoms with Crippen LogP contribution >= 0.6 is 0 Å². The van der Waals surface area contributed by atoms with Gasteiger partial charge in [-0.05, 0) is 19.1 Å². The number of fused-ring (bicyclic) bond motifs is 1. The molecule has 1 aromatic carbocycles. The Bertz CT molecular complexity index is 492. The summed E-state index contributed by atoms with van der Waals surface area (Å²) in [6, 6.07) is 5.27. The predicted molar refractivity (Wildman–Crippen MR) is 53.8 cm³/mol. The molecule has 0 radical (unpaired) electrons. The SMILES string of the molecule is C[C@@H](Oc1ccc2cn[nH]c2c1)C(=O)O. The van der Waals surface area contributed by atoms with E-state index in [-0.39, 0.29) is 0 Å². The molecule has 2 rings (SSSR count). The van der Waals surface area contributed by atoms with Crippen molar-refractivity contribution in [3.63, 3.8) is 0 Å². The second kappa shape index (κ2) is 3.61. The average Bonchev–Trinajstić information content (AvgIpc) is 2.64. The zero-order valence-corrected chi connectivity index (χ0v) is 8.10. The van der Waals surface area contributed by atoms with Gasteiger partial charge in [0.15, 0.2) is 6.10 Å². The number of aromatic nitrogens is 2. The Morgan fingerprint density at radius 2 is 2.40 bits per heavy atom. The van der Waals surface area contributed by atoms with Crippen LogP contribution in [0, 0.1) is 0 Å². The maximum atomic E-state index is 10.6. The van der Waals surface area contributed by atoms with Gasteiger partial charge < -0.3 is 9.84 Å². The molecule has 1 heterocycles. The number of hydrogen-bond donors (Lipinski definition) is 2. The first-order valence-corrected chi connectivity index (χ1v) is 4.49. The molecule has 0 aliphatic heterocycles. The third kappa shape index (κ3) is 1.90. The van der Waals surface area contributed by atoms with E-state index in [4.69, 9.17) is 9.84 Å². The molecule has 78 valence electrons. The number of H-pyrrole nitrogens is 1. The van der Waals surface area contributed by atoms with Crippen LogP contribution in [0.4, 0.5) is 0 Å². The van der Waals surface area contributed by atoms with Gasteiger partial charge in [0.2, 0.25) is 0 Å². The highest BCUT2D eigenvalue weighted by Crippen LogP contribution is 2.19.